The van der Waals surface area contributed by atoms with Gasteiger partial charge in [-0.05, 0) is 25.0 Å². The maximum absolute atomic E-state index is 12.1. The second kappa shape index (κ2) is 4.48. The number of rotatable bonds is 2. The first-order valence-electron chi connectivity index (χ1n) is 5.88. The molecule has 1 aromatic heterocycles. The molecule has 1 aliphatic heterocycles. The van der Waals surface area contributed by atoms with Gasteiger partial charge in [0.2, 0.25) is 11.4 Å². The molecule has 0 unspecified atom stereocenters. The van der Waals surface area contributed by atoms with E-state index in [4.69, 9.17) is 13.9 Å². The molecule has 18 heavy (non-hydrogen) atoms. The van der Waals surface area contributed by atoms with E-state index in [0.29, 0.717) is 11.7 Å². The highest BCUT2D eigenvalue weighted by Crippen LogP contribution is 2.33. The van der Waals surface area contributed by atoms with Gasteiger partial charge in [0.25, 0.3) is 0 Å². The largest absolute Gasteiger partial charge is 0.482 e. The van der Waals surface area contributed by atoms with Gasteiger partial charge in [-0.25, -0.2) is 9.79 Å². The molecule has 5 nitrogen and oxygen atoms in total. The first-order valence-corrected chi connectivity index (χ1v) is 5.88. The minimum Gasteiger partial charge on any atom is -0.482 e. The van der Waals surface area contributed by atoms with Crippen molar-refractivity contribution in [1.29, 1.82) is 0 Å². The Hall–Kier alpha value is -1.78. The van der Waals surface area contributed by atoms with E-state index in [1.807, 2.05) is 13.8 Å². The lowest BCUT2D eigenvalue weighted by Crippen LogP contribution is -2.46. The first kappa shape index (κ1) is 12.7. The van der Waals surface area contributed by atoms with Crippen molar-refractivity contribution in [3.63, 3.8) is 0 Å². The lowest BCUT2D eigenvalue weighted by molar-refractivity contribution is -0.157. The van der Waals surface area contributed by atoms with Crippen LogP contribution in [0.2, 0.25) is 0 Å². The average molecular weight is 251 g/mol. The highest BCUT2D eigenvalue weighted by Gasteiger charge is 2.47. The fourth-order valence-corrected chi connectivity index (χ4v) is 1.90. The van der Waals surface area contributed by atoms with Gasteiger partial charge >= 0.3 is 5.97 Å². The Labute approximate surface area is 106 Å². The maximum Gasteiger partial charge on any atom is 0.342 e. The molecule has 2 rings (SSSR count). The smallest absolute Gasteiger partial charge is 0.342 e. The summed E-state index contributed by atoms with van der Waals surface area (Å²) in [6, 6.07) is 3.41. The molecule has 1 aliphatic rings. The van der Waals surface area contributed by atoms with Gasteiger partial charge in [0.15, 0.2) is 6.10 Å². The molecule has 98 valence electrons. The summed E-state index contributed by atoms with van der Waals surface area (Å²) in [6.45, 7) is 5.55. The monoisotopic (exact) mass is 251 g/mol. The molecule has 0 aliphatic carbocycles. The van der Waals surface area contributed by atoms with Crippen LogP contribution in [0.3, 0.4) is 0 Å². The summed E-state index contributed by atoms with van der Waals surface area (Å²) in [5, 5.41) is 0. The first-order chi connectivity index (χ1) is 8.49. The summed E-state index contributed by atoms with van der Waals surface area (Å²) in [6.07, 6.45) is 1.07. The van der Waals surface area contributed by atoms with Crippen LogP contribution >= 0.6 is 0 Å². The molecule has 0 aromatic carbocycles. The predicted molar refractivity (Wildman–Crippen MR) is 65.2 cm³/mol. The van der Waals surface area contributed by atoms with Crippen LogP contribution in [0.5, 0.6) is 0 Å². The maximum atomic E-state index is 12.1. The van der Waals surface area contributed by atoms with Gasteiger partial charge in [0, 0.05) is 0 Å². The molecule has 0 bridgehead atoms. The van der Waals surface area contributed by atoms with Crippen molar-refractivity contribution in [1.82, 2.24) is 0 Å². The molecule has 0 saturated heterocycles. The van der Waals surface area contributed by atoms with Crippen LogP contribution in [0.1, 0.15) is 26.5 Å². The number of carbonyl (C=O) groups excluding carboxylic acids is 1. The zero-order valence-corrected chi connectivity index (χ0v) is 11.0. The number of carbonyl (C=O) groups is 1. The summed E-state index contributed by atoms with van der Waals surface area (Å²) in [5.41, 5.74) is -1.17. The number of hydrogen-bond acceptors (Lipinski definition) is 5. The fraction of sp³-hybridized carbons (Fsp3) is 0.538. The molecule has 5 heteroatoms. The van der Waals surface area contributed by atoms with Gasteiger partial charge in [0.1, 0.15) is 5.76 Å². The van der Waals surface area contributed by atoms with Crippen LogP contribution in [0, 0.1) is 5.92 Å². The van der Waals surface area contributed by atoms with Crippen LogP contribution in [0.25, 0.3) is 0 Å². The van der Waals surface area contributed by atoms with Crippen LogP contribution in [0.15, 0.2) is 27.8 Å². The van der Waals surface area contributed by atoms with Gasteiger partial charge < -0.3 is 13.9 Å². The number of esters is 1. The number of methoxy groups -OCH3 is 1. The van der Waals surface area contributed by atoms with E-state index in [1.54, 1.807) is 19.1 Å². The molecule has 0 radical (unpaired) electrons. The standard InChI is InChI=1S/C13H17NO4/c1-8(2)10-11(16-4)14-13(3,12(15)18-10)9-6-5-7-17-9/h5-8,10H,1-4H3/t10-,13+/m0/s1. The molecule has 0 N–H and O–H groups in total. The van der Waals surface area contributed by atoms with E-state index in [-0.39, 0.29) is 5.92 Å². The van der Waals surface area contributed by atoms with Crippen molar-refractivity contribution in [3.8, 4) is 0 Å². The molecule has 0 spiro atoms. The van der Waals surface area contributed by atoms with Gasteiger partial charge in [0.05, 0.1) is 13.4 Å². The molecule has 2 heterocycles. The Balaban J connectivity index is 2.45. The summed E-state index contributed by atoms with van der Waals surface area (Å²) in [4.78, 5) is 16.5. The van der Waals surface area contributed by atoms with Crippen LogP contribution in [-0.2, 0) is 19.8 Å². The zero-order valence-electron chi connectivity index (χ0n) is 11.0. The molecule has 0 amide bonds. The minimum absolute atomic E-state index is 0.105. The number of hydrogen-bond donors (Lipinski definition) is 0. The van der Waals surface area contributed by atoms with Crippen molar-refractivity contribution in [3.05, 3.63) is 24.2 Å². The van der Waals surface area contributed by atoms with E-state index < -0.39 is 17.6 Å². The fourth-order valence-electron chi connectivity index (χ4n) is 1.90. The molecule has 0 saturated carbocycles. The second-order valence-electron chi connectivity index (χ2n) is 4.77. The van der Waals surface area contributed by atoms with Gasteiger partial charge in [-0.3, -0.25) is 0 Å². The third kappa shape index (κ3) is 1.89. The number of ether oxygens (including phenoxy) is 2. The second-order valence-corrected chi connectivity index (χ2v) is 4.77. The summed E-state index contributed by atoms with van der Waals surface area (Å²) >= 11 is 0. The quantitative estimate of drug-likeness (QED) is 0.755. The van der Waals surface area contributed by atoms with E-state index >= 15 is 0 Å². The Kier molecular flexibility index (Phi) is 3.15. The Morgan fingerprint density at radius 2 is 2.22 bits per heavy atom. The molecular weight excluding hydrogens is 234 g/mol. The average Bonchev–Trinajstić information content (AvgIpc) is 2.86. The molecule has 0 fully saturated rings. The Bertz CT molecular complexity index is 463. The Morgan fingerprint density at radius 3 is 2.72 bits per heavy atom. The third-order valence-corrected chi connectivity index (χ3v) is 3.02. The normalized spacial score (nSPS) is 27.9. The van der Waals surface area contributed by atoms with E-state index in [9.17, 15) is 4.79 Å². The van der Waals surface area contributed by atoms with Gasteiger partial charge in [-0.2, -0.15) is 0 Å². The summed E-state index contributed by atoms with van der Waals surface area (Å²) < 4.78 is 15.9. The predicted octanol–water partition coefficient (Wildman–Crippen LogP) is 2.12. The lowest BCUT2D eigenvalue weighted by Gasteiger charge is -2.33. The number of aliphatic imine (C=N–C) groups is 1. The lowest BCUT2D eigenvalue weighted by atomic mass is 9.96. The molecule has 2 atom stereocenters. The van der Waals surface area contributed by atoms with E-state index in [0.717, 1.165) is 0 Å². The van der Waals surface area contributed by atoms with Gasteiger partial charge in [-0.1, -0.05) is 13.8 Å². The summed E-state index contributed by atoms with van der Waals surface area (Å²) in [7, 11) is 1.52. The van der Waals surface area contributed by atoms with Crippen molar-refractivity contribution in [2.75, 3.05) is 7.11 Å². The van der Waals surface area contributed by atoms with E-state index in [1.165, 1.54) is 13.4 Å². The SMILES string of the molecule is COC1=N[C@](C)(c2ccco2)C(=O)O[C@H]1C(C)C. The zero-order chi connectivity index (χ0) is 13.3. The topological polar surface area (TPSA) is 61.0 Å². The number of furan rings is 1. The van der Waals surface area contributed by atoms with Crippen molar-refractivity contribution in [2.24, 2.45) is 10.9 Å². The van der Waals surface area contributed by atoms with Crippen LogP contribution < -0.4 is 0 Å². The van der Waals surface area contributed by atoms with Crippen molar-refractivity contribution in [2.45, 2.75) is 32.4 Å². The van der Waals surface area contributed by atoms with E-state index in [2.05, 4.69) is 4.99 Å². The minimum atomic E-state index is -1.17. The van der Waals surface area contributed by atoms with Crippen molar-refractivity contribution >= 4 is 11.9 Å². The number of nitrogens with zero attached hydrogens (tertiary/aromatic N) is 1. The van der Waals surface area contributed by atoms with Crippen LogP contribution in [-0.4, -0.2) is 25.1 Å². The molecule has 1 aromatic rings. The van der Waals surface area contributed by atoms with Gasteiger partial charge in [-0.15, -0.1) is 0 Å². The van der Waals surface area contributed by atoms with Crippen molar-refractivity contribution < 1.29 is 18.7 Å². The molecular formula is C13H17NO4. The third-order valence-electron chi connectivity index (χ3n) is 3.02. The highest BCUT2D eigenvalue weighted by atomic mass is 16.6. The highest BCUT2D eigenvalue weighted by molar-refractivity contribution is 5.93. The van der Waals surface area contributed by atoms with Crippen LogP contribution in [0.4, 0.5) is 0 Å². The summed E-state index contributed by atoms with van der Waals surface area (Å²) in [5.74, 6) is 0.554. The number of cyclic esters (lactones) is 1. The Morgan fingerprint density at radius 1 is 1.50 bits per heavy atom.